The Morgan fingerprint density at radius 2 is 2.00 bits per heavy atom. The number of anilines is 1. The highest BCUT2D eigenvalue weighted by molar-refractivity contribution is 5.50. The summed E-state index contributed by atoms with van der Waals surface area (Å²) in [5.74, 6) is 0.593. The van der Waals surface area contributed by atoms with Crippen molar-refractivity contribution in [1.82, 2.24) is 24.7 Å². The van der Waals surface area contributed by atoms with Gasteiger partial charge in [-0.1, -0.05) is 0 Å². The van der Waals surface area contributed by atoms with Gasteiger partial charge in [0.05, 0.1) is 11.9 Å². The minimum Gasteiger partial charge on any atom is -0.394 e. The van der Waals surface area contributed by atoms with Crippen LogP contribution >= 0.6 is 0 Å². The quantitative estimate of drug-likeness (QED) is 0.619. The van der Waals surface area contributed by atoms with Crippen molar-refractivity contribution in [2.45, 2.75) is 0 Å². The van der Waals surface area contributed by atoms with Crippen molar-refractivity contribution < 1.29 is 0 Å². The zero-order valence-electron chi connectivity index (χ0n) is 6.12. The van der Waals surface area contributed by atoms with Gasteiger partial charge in [-0.15, -0.1) is 10.2 Å². The lowest BCUT2D eigenvalue weighted by molar-refractivity contribution is 0.973. The number of nitrogens with zero attached hydrogens (tertiary/aromatic N) is 5. The number of nitrogens with two attached hydrogens (primary N) is 1. The summed E-state index contributed by atoms with van der Waals surface area (Å²) in [6, 6.07) is 0. The maximum Gasteiger partial charge on any atom is 0.165 e. The molecule has 2 rings (SSSR count). The van der Waals surface area contributed by atoms with Crippen LogP contribution in [0.25, 0.3) is 5.82 Å². The Balaban J connectivity index is 2.55. The molecule has 0 unspecified atom stereocenters. The first-order chi connectivity index (χ1) is 5.88. The second kappa shape index (κ2) is 2.57. The third-order valence-electron chi connectivity index (χ3n) is 1.38. The third kappa shape index (κ3) is 0.986. The Kier molecular flexibility index (Phi) is 1.44. The van der Waals surface area contributed by atoms with Crippen LogP contribution in [0.15, 0.2) is 25.2 Å². The maximum atomic E-state index is 5.61. The van der Waals surface area contributed by atoms with Gasteiger partial charge in [0.1, 0.15) is 19.0 Å². The van der Waals surface area contributed by atoms with E-state index in [1.54, 1.807) is 4.57 Å². The summed E-state index contributed by atoms with van der Waals surface area (Å²) in [7, 11) is 0. The molecule has 2 heterocycles. The van der Waals surface area contributed by atoms with E-state index in [4.69, 9.17) is 5.73 Å². The molecular weight excluding hydrogens is 156 g/mol. The number of nitrogen functional groups attached to an aromatic ring is 1. The van der Waals surface area contributed by atoms with Gasteiger partial charge in [0.25, 0.3) is 0 Å². The molecule has 2 aromatic rings. The number of hydrogen-bond acceptors (Lipinski definition) is 5. The lowest BCUT2D eigenvalue weighted by Gasteiger charge is -2.00. The van der Waals surface area contributed by atoms with Crippen molar-refractivity contribution in [3.05, 3.63) is 25.2 Å². The fourth-order valence-electron chi connectivity index (χ4n) is 0.860. The van der Waals surface area contributed by atoms with Crippen LogP contribution in [0, 0.1) is 0 Å². The van der Waals surface area contributed by atoms with Gasteiger partial charge in [0.2, 0.25) is 0 Å². The molecule has 0 amide bonds. The largest absolute Gasteiger partial charge is 0.394 e. The normalized spacial score (nSPS) is 10.0. The average Bonchev–Trinajstić information content (AvgIpc) is 2.57. The van der Waals surface area contributed by atoms with Crippen LogP contribution in [-0.2, 0) is 0 Å². The van der Waals surface area contributed by atoms with Gasteiger partial charge in [-0.25, -0.2) is 9.97 Å². The highest BCUT2D eigenvalue weighted by Crippen LogP contribution is 2.09. The van der Waals surface area contributed by atoms with E-state index in [0.717, 1.165) is 0 Å². The van der Waals surface area contributed by atoms with Gasteiger partial charge in [0.15, 0.2) is 5.82 Å². The molecule has 0 bridgehead atoms. The lowest BCUT2D eigenvalue weighted by Crippen LogP contribution is -2.00. The number of hydrogen-bond donors (Lipinski definition) is 1. The maximum absolute atomic E-state index is 5.61. The highest BCUT2D eigenvalue weighted by Gasteiger charge is 2.00. The molecule has 6 heteroatoms. The van der Waals surface area contributed by atoms with E-state index in [1.807, 2.05) is 0 Å². The summed E-state index contributed by atoms with van der Waals surface area (Å²) in [5.41, 5.74) is 6.11. The molecule has 2 aromatic heterocycles. The molecule has 0 saturated carbocycles. The van der Waals surface area contributed by atoms with Crippen molar-refractivity contribution in [3.8, 4) is 5.82 Å². The van der Waals surface area contributed by atoms with Crippen molar-refractivity contribution in [2.75, 3.05) is 5.73 Å². The predicted octanol–water partition coefficient (Wildman–Crippen LogP) is -0.361. The number of aromatic nitrogens is 5. The predicted molar refractivity (Wildman–Crippen MR) is 41.4 cm³/mol. The van der Waals surface area contributed by atoms with Crippen LogP contribution in [0.1, 0.15) is 0 Å². The molecule has 0 aromatic carbocycles. The molecule has 60 valence electrons. The van der Waals surface area contributed by atoms with E-state index in [-0.39, 0.29) is 0 Å². The Morgan fingerprint density at radius 3 is 2.67 bits per heavy atom. The minimum atomic E-state index is 0.498. The summed E-state index contributed by atoms with van der Waals surface area (Å²) < 4.78 is 1.62. The monoisotopic (exact) mass is 162 g/mol. The summed E-state index contributed by atoms with van der Waals surface area (Å²) in [5, 5.41) is 7.27. The van der Waals surface area contributed by atoms with Gasteiger partial charge >= 0.3 is 0 Å². The zero-order valence-corrected chi connectivity index (χ0v) is 6.12. The van der Waals surface area contributed by atoms with E-state index < -0.39 is 0 Å². The van der Waals surface area contributed by atoms with Crippen LogP contribution in [0.5, 0.6) is 0 Å². The first-order valence-corrected chi connectivity index (χ1v) is 3.28. The molecule has 12 heavy (non-hydrogen) atoms. The summed E-state index contributed by atoms with van der Waals surface area (Å²) in [6.07, 6.45) is 6.01. The summed E-state index contributed by atoms with van der Waals surface area (Å²) in [4.78, 5) is 7.73. The minimum absolute atomic E-state index is 0.498. The smallest absolute Gasteiger partial charge is 0.165 e. The molecular formula is C6H6N6. The van der Waals surface area contributed by atoms with Gasteiger partial charge in [-0.05, 0) is 0 Å². The van der Waals surface area contributed by atoms with E-state index in [0.29, 0.717) is 11.5 Å². The Morgan fingerprint density at radius 1 is 1.25 bits per heavy atom. The zero-order chi connectivity index (χ0) is 8.39. The molecule has 0 saturated heterocycles. The third-order valence-corrected chi connectivity index (χ3v) is 1.38. The molecule has 0 atom stereocenters. The SMILES string of the molecule is Nc1cncnc1-n1cnnc1. The van der Waals surface area contributed by atoms with Crippen LogP contribution in [0.2, 0.25) is 0 Å². The molecule has 0 aliphatic rings. The van der Waals surface area contributed by atoms with E-state index in [2.05, 4.69) is 20.2 Å². The van der Waals surface area contributed by atoms with E-state index in [9.17, 15) is 0 Å². The van der Waals surface area contributed by atoms with Gasteiger partial charge in [-0.2, -0.15) is 0 Å². The molecule has 6 nitrogen and oxygen atoms in total. The van der Waals surface area contributed by atoms with Crippen LogP contribution in [0.3, 0.4) is 0 Å². The van der Waals surface area contributed by atoms with Crippen LogP contribution < -0.4 is 5.73 Å². The molecule has 0 aliphatic heterocycles. The van der Waals surface area contributed by atoms with Crippen molar-refractivity contribution in [3.63, 3.8) is 0 Å². The van der Waals surface area contributed by atoms with E-state index >= 15 is 0 Å². The number of rotatable bonds is 1. The van der Waals surface area contributed by atoms with Gasteiger partial charge in [0, 0.05) is 0 Å². The highest BCUT2D eigenvalue weighted by atomic mass is 15.3. The molecule has 0 radical (unpaired) electrons. The summed E-state index contributed by atoms with van der Waals surface area (Å²) in [6.45, 7) is 0. The van der Waals surface area contributed by atoms with Crippen molar-refractivity contribution in [1.29, 1.82) is 0 Å². The Bertz CT molecular complexity index is 367. The first-order valence-electron chi connectivity index (χ1n) is 3.28. The second-order valence-corrected chi connectivity index (χ2v) is 2.17. The molecule has 2 N–H and O–H groups in total. The topological polar surface area (TPSA) is 82.5 Å². The molecule has 0 spiro atoms. The second-order valence-electron chi connectivity index (χ2n) is 2.17. The standard InChI is InChI=1S/C6H6N6/c7-5-1-8-2-9-6(5)12-3-10-11-4-12/h1-4H,7H2. The lowest BCUT2D eigenvalue weighted by atomic mass is 10.5. The molecule has 0 fully saturated rings. The van der Waals surface area contributed by atoms with Crippen LogP contribution in [0.4, 0.5) is 5.69 Å². The Labute approximate surface area is 68.1 Å². The van der Waals surface area contributed by atoms with Crippen molar-refractivity contribution in [2.24, 2.45) is 0 Å². The van der Waals surface area contributed by atoms with E-state index in [1.165, 1.54) is 25.2 Å². The van der Waals surface area contributed by atoms with Crippen LogP contribution in [-0.4, -0.2) is 24.7 Å². The van der Waals surface area contributed by atoms with Gasteiger partial charge in [-0.3, -0.25) is 4.57 Å². The van der Waals surface area contributed by atoms with Gasteiger partial charge < -0.3 is 5.73 Å². The fourth-order valence-corrected chi connectivity index (χ4v) is 0.860. The fraction of sp³-hybridized carbons (Fsp3) is 0. The summed E-state index contributed by atoms with van der Waals surface area (Å²) >= 11 is 0. The average molecular weight is 162 g/mol. The molecule has 0 aliphatic carbocycles. The Hall–Kier alpha value is -1.98. The first kappa shape index (κ1) is 6.71. The van der Waals surface area contributed by atoms with Crippen molar-refractivity contribution >= 4 is 5.69 Å².